The average molecular weight is 442 g/mol. The summed E-state index contributed by atoms with van der Waals surface area (Å²) in [6.07, 6.45) is 2.65. The first-order chi connectivity index (χ1) is 16.0. The van der Waals surface area contributed by atoms with Crippen molar-refractivity contribution in [3.63, 3.8) is 0 Å². The first-order valence-electron chi connectivity index (χ1n) is 11.8. The fourth-order valence-corrected chi connectivity index (χ4v) is 5.82. The maximum absolute atomic E-state index is 13.3. The van der Waals surface area contributed by atoms with Gasteiger partial charge in [0, 0.05) is 25.3 Å². The van der Waals surface area contributed by atoms with E-state index < -0.39 is 0 Å². The van der Waals surface area contributed by atoms with E-state index in [1.54, 1.807) is 9.58 Å². The maximum atomic E-state index is 13.3. The molecule has 6 heteroatoms. The molecule has 2 aromatic carbocycles. The monoisotopic (exact) mass is 441 g/mol. The minimum absolute atomic E-state index is 0.0487. The number of carbonyl (C=O) groups is 3. The van der Waals surface area contributed by atoms with Crippen molar-refractivity contribution in [2.24, 2.45) is 17.8 Å². The summed E-state index contributed by atoms with van der Waals surface area (Å²) in [6, 6.07) is 17.6. The number of benzene rings is 2. The molecule has 2 aliphatic carbocycles. The Balaban J connectivity index is 1.17. The maximum Gasteiger partial charge on any atom is 0.244 e. The molecule has 1 saturated heterocycles. The van der Waals surface area contributed by atoms with Crippen LogP contribution in [0, 0.1) is 17.8 Å². The molecule has 3 fully saturated rings. The summed E-state index contributed by atoms with van der Waals surface area (Å²) in [5.74, 6) is 1.64. The van der Waals surface area contributed by atoms with Crippen molar-refractivity contribution in [3.8, 4) is 0 Å². The molecule has 0 unspecified atom stereocenters. The Morgan fingerprint density at radius 2 is 1.76 bits per heavy atom. The summed E-state index contributed by atoms with van der Waals surface area (Å²) in [5, 5.41) is 5.20. The van der Waals surface area contributed by atoms with Crippen LogP contribution in [0.25, 0.3) is 10.9 Å². The number of aromatic nitrogens is 2. The second-order valence-corrected chi connectivity index (χ2v) is 9.91. The minimum atomic E-state index is -0.298. The standard InChI is InChI=1S/C27H27N3O3/c1-16(31)26-20-9-5-6-10-23(20)30(28-26)15-25(33)29-14-19-12-22(19)27(29)24(32)13-18-11-21(18)17-7-3-2-4-8-17/h2-10,18-19,21-22,27H,11-15H2,1H3/t18-,19-,21-,22-,27+/m1/s1. The molecular weight excluding hydrogens is 414 g/mol. The van der Waals surface area contributed by atoms with Gasteiger partial charge in [-0.05, 0) is 48.1 Å². The molecular formula is C27H27N3O3. The van der Waals surface area contributed by atoms with E-state index in [0.29, 0.717) is 42.3 Å². The molecule has 1 amide bonds. The highest BCUT2D eigenvalue weighted by Gasteiger charge is 2.57. The quantitative estimate of drug-likeness (QED) is 0.522. The number of hydrogen-bond acceptors (Lipinski definition) is 4. The van der Waals surface area contributed by atoms with Crippen LogP contribution in [0.2, 0.25) is 0 Å². The van der Waals surface area contributed by atoms with Gasteiger partial charge in [-0.1, -0.05) is 48.5 Å². The number of ketones is 2. The third-order valence-corrected chi connectivity index (χ3v) is 7.69. The molecule has 0 radical (unpaired) electrons. The lowest BCUT2D eigenvalue weighted by Gasteiger charge is -2.27. The number of Topliss-reactive ketones (excluding diaryl/α,β-unsaturated/α-hetero) is 2. The number of fused-ring (bicyclic) bond motifs is 2. The van der Waals surface area contributed by atoms with Crippen LogP contribution < -0.4 is 0 Å². The van der Waals surface area contributed by atoms with E-state index in [1.165, 1.54) is 12.5 Å². The lowest BCUT2D eigenvalue weighted by molar-refractivity contribution is -0.139. The molecule has 3 aliphatic rings. The van der Waals surface area contributed by atoms with E-state index in [4.69, 9.17) is 0 Å². The molecule has 6 nitrogen and oxygen atoms in total. The lowest BCUT2D eigenvalue weighted by atomic mass is 10.00. The minimum Gasteiger partial charge on any atom is -0.330 e. The van der Waals surface area contributed by atoms with E-state index in [0.717, 1.165) is 23.7 Å². The van der Waals surface area contributed by atoms with Crippen molar-refractivity contribution in [2.75, 3.05) is 6.54 Å². The van der Waals surface area contributed by atoms with Crippen LogP contribution >= 0.6 is 0 Å². The Morgan fingerprint density at radius 3 is 2.55 bits per heavy atom. The highest BCUT2D eigenvalue weighted by molar-refractivity contribution is 6.05. The molecule has 2 saturated carbocycles. The predicted molar refractivity (Wildman–Crippen MR) is 124 cm³/mol. The van der Waals surface area contributed by atoms with E-state index in [1.807, 2.05) is 30.3 Å². The number of piperidine rings is 1. The highest BCUT2D eigenvalue weighted by atomic mass is 16.2. The normalized spacial score (nSPS) is 27.4. The van der Waals surface area contributed by atoms with Gasteiger partial charge in [0.05, 0.1) is 11.6 Å². The Hall–Kier alpha value is -3.28. The third-order valence-electron chi connectivity index (χ3n) is 7.69. The SMILES string of the molecule is CC(=O)c1nn(CC(=O)N2C[C@H]3C[C@H]3[C@H]2C(=O)C[C@H]2C[C@@H]2c2ccccc2)c2ccccc12. The topological polar surface area (TPSA) is 72.3 Å². The molecule has 0 bridgehead atoms. The fourth-order valence-electron chi connectivity index (χ4n) is 5.82. The Kier molecular flexibility index (Phi) is 4.71. The zero-order valence-corrected chi connectivity index (χ0v) is 18.7. The molecule has 33 heavy (non-hydrogen) atoms. The summed E-state index contributed by atoms with van der Waals surface area (Å²) in [7, 11) is 0. The number of para-hydroxylation sites is 1. The van der Waals surface area contributed by atoms with Gasteiger partial charge in [-0.25, -0.2) is 0 Å². The van der Waals surface area contributed by atoms with Crippen LogP contribution in [0.15, 0.2) is 54.6 Å². The summed E-state index contributed by atoms with van der Waals surface area (Å²) in [6.45, 7) is 2.20. The summed E-state index contributed by atoms with van der Waals surface area (Å²) in [4.78, 5) is 40.5. The van der Waals surface area contributed by atoms with Gasteiger partial charge in [0.25, 0.3) is 0 Å². The molecule has 3 aromatic rings. The number of carbonyl (C=O) groups excluding carboxylic acids is 3. The molecule has 0 spiro atoms. The van der Waals surface area contributed by atoms with Crippen LogP contribution in [0.5, 0.6) is 0 Å². The number of amides is 1. The van der Waals surface area contributed by atoms with Crippen molar-refractivity contribution in [1.29, 1.82) is 0 Å². The number of nitrogens with zero attached hydrogens (tertiary/aromatic N) is 3. The number of likely N-dealkylation sites (tertiary alicyclic amines) is 1. The molecule has 5 atom stereocenters. The van der Waals surface area contributed by atoms with E-state index >= 15 is 0 Å². The largest absolute Gasteiger partial charge is 0.330 e. The van der Waals surface area contributed by atoms with E-state index in [-0.39, 0.29) is 30.1 Å². The summed E-state index contributed by atoms with van der Waals surface area (Å²) in [5.41, 5.74) is 2.47. The van der Waals surface area contributed by atoms with Gasteiger partial charge >= 0.3 is 0 Å². The molecule has 6 rings (SSSR count). The fraction of sp³-hybridized carbons (Fsp3) is 0.407. The van der Waals surface area contributed by atoms with Crippen molar-refractivity contribution < 1.29 is 14.4 Å². The lowest BCUT2D eigenvalue weighted by Crippen LogP contribution is -2.45. The van der Waals surface area contributed by atoms with Gasteiger partial charge in [-0.3, -0.25) is 19.1 Å². The third kappa shape index (κ3) is 3.58. The van der Waals surface area contributed by atoms with Gasteiger partial charge < -0.3 is 4.90 Å². The van der Waals surface area contributed by atoms with Gasteiger partial charge in [-0.15, -0.1) is 0 Å². The van der Waals surface area contributed by atoms with E-state index in [2.05, 4.69) is 29.4 Å². The Morgan fingerprint density at radius 1 is 1.00 bits per heavy atom. The Labute approximate surface area is 192 Å². The first-order valence-corrected chi connectivity index (χ1v) is 11.8. The summed E-state index contributed by atoms with van der Waals surface area (Å²) >= 11 is 0. The Bertz CT molecular complexity index is 1260. The summed E-state index contributed by atoms with van der Waals surface area (Å²) < 4.78 is 1.62. The van der Waals surface area contributed by atoms with Crippen LogP contribution in [-0.2, 0) is 16.1 Å². The average Bonchev–Trinajstić information content (AvgIpc) is 3.70. The van der Waals surface area contributed by atoms with Gasteiger partial charge in [0.1, 0.15) is 12.2 Å². The first kappa shape index (κ1) is 20.3. The molecule has 0 N–H and O–H groups in total. The smallest absolute Gasteiger partial charge is 0.244 e. The van der Waals surface area contributed by atoms with Crippen LogP contribution in [-0.4, -0.2) is 44.7 Å². The number of hydrogen-bond donors (Lipinski definition) is 0. The zero-order chi connectivity index (χ0) is 22.7. The molecule has 168 valence electrons. The van der Waals surface area contributed by atoms with Crippen molar-refractivity contribution in [1.82, 2.24) is 14.7 Å². The second kappa shape index (κ2) is 7.65. The van der Waals surface area contributed by atoms with Gasteiger partial charge in [0.2, 0.25) is 5.91 Å². The van der Waals surface area contributed by atoms with Crippen LogP contribution in [0.4, 0.5) is 0 Å². The van der Waals surface area contributed by atoms with E-state index in [9.17, 15) is 14.4 Å². The van der Waals surface area contributed by atoms with Crippen molar-refractivity contribution in [2.45, 2.75) is 44.7 Å². The zero-order valence-electron chi connectivity index (χ0n) is 18.7. The van der Waals surface area contributed by atoms with Gasteiger partial charge in [0.15, 0.2) is 11.6 Å². The molecule has 1 aromatic heterocycles. The molecule has 2 heterocycles. The highest BCUT2D eigenvalue weighted by Crippen LogP contribution is 2.53. The predicted octanol–water partition coefficient (Wildman–Crippen LogP) is 3.85. The molecule has 1 aliphatic heterocycles. The number of rotatable bonds is 7. The van der Waals surface area contributed by atoms with Gasteiger partial charge in [-0.2, -0.15) is 5.10 Å². The van der Waals surface area contributed by atoms with Crippen LogP contribution in [0.3, 0.4) is 0 Å². The van der Waals surface area contributed by atoms with Crippen molar-refractivity contribution >= 4 is 28.4 Å². The van der Waals surface area contributed by atoms with Crippen LogP contribution in [0.1, 0.15) is 48.2 Å². The van der Waals surface area contributed by atoms with Crippen molar-refractivity contribution in [3.05, 3.63) is 65.9 Å². The second-order valence-electron chi connectivity index (χ2n) is 9.91.